The second-order valence-corrected chi connectivity index (χ2v) is 5.81. The third-order valence-corrected chi connectivity index (χ3v) is 3.93. The summed E-state index contributed by atoms with van der Waals surface area (Å²) < 4.78 is 5.64. The number of nitrogens with one attached hydrogen (secondary N) is 1. The van der Waals surface area contributed by atoms with Gasteiger partial charge in [0.05, 0.1) is 24.0 Å². The second kappa shape index (κ2) is 6.94. The third kappa shape index (κ3) is 3.78. The zero-order chi connectivity index (χ0) is 16.2. The highest BCUT2D eigenvalue weighted by molar-refractivity contribution is 6.30. The van der Waals surface area contributed by atoms with E-state index < -0.39 is 0 Å². The fourth-order valence-electron chi connectivity index (χ4n) is 2.43. The van der Waals surface area contributed by atoms with Gasteiger partial charge in [-0.05, 0) is 43.7 Å². The third-order valence-electron chi connectivity index (χ3n) is 3.70. The van der Waals surface area contributed by atoms with Gasteiger partial charge in [-0.15, -0.1) is 0 Å². The highest BCUT2D eigenvalue weighted by Gasteiger charge is 2.16. The standard InChI is InChI=1S/C18H18ClN3O/c1-12-13(2)23-17(22-12)11-21-18(16-8-3-4-9-20-16)14-6-5-7-15(19)10-14/h3-10,18,21H,11H2,1-2H3. The molecule has 0 amide bonds. The second-order valence-electron chi connectivity index (χ2n) is 5.37. The minimum absolute atomic E-state index is 0.0811. The molecule has 1 unspecified atom stereocenters. The maximum absolute atomic E-state index is 6.14. The molecule has 0 spiro atoms. The molecule has 1 atom stereocenters. The molecule has 0 saturated carbocycles. The van der Waals surface area contributed by atoms with Crippen molar-refractivity contribution in [2.45, 2.75) is 26.4 Å². The van der Waals surface area contributed by atoms with Crippen molar-refractivity contribution in [1.82, 2.24) is 15.3 Å². The molecule has 5 heteroatoms. The van der Waals surface area contributed by atoms with Crippen molar-refractivity contribution in [3.8, 4) is 0 Å². The molecule has 4 nitrogen and oxygen atoms in total. The maximum atomic E-state index is 6.14. The zero-order valence-electron chi connectivity index (χ0n) is 13.1. The van der Waals surface area contributed by atoms with E-state index in [9.17, 15) is 0 Å². The molecule has 2 heterocycles. The van der Waals surface area contributed by atoms with E-state index in [0.717, 1.165) is 22.7 Å². The molecule has 0 aliphatic carbocycles. The zero-order valence-corrected chi connectivity index (χ0v) is 13.8. The van der Waals surface area contributed by atoms with E-state index >= 15 is 0 Å². The molecular formula is C18H18ClN3O. The fourth-order valence-corrected chi connectivity index (χ4v) is 2.63. The average Bonchev–Trinajstić information content (AvgIpc) is 2.87. The lowest BCUT2D eigenvalue weighted by molar-refractivity contribution is 0.436. The molecule has 0 bridgehead atoms. The number of hydrogen-bond acceptors (Lipinski definition) is 4. The molecule has 2 aromatic heterocycles. The van der Waals surface area contributed by atoms with Crippen LogP contribution in [0.5, 0.6) is 0 Å². The Bertz CT molecular complexity index is 766. The van der Waals surface area contributed by atoms with Crippen LogP contribution in [0.2, 0.25) is 5.02 Å². The molecule has 1 aromatic carbocycles. The van der Waals surface area contributed by atoms with E-state index in [2.05, 4.69) is 15.3 Å². The van der Waals surface area contributed by atoms with Crippen molar-refractivity contribution in [3.63, 3.8) is 0 Å². The topological polar surface area (TPSA) is 51.0 Å². The summed E-state index contributed by atoms with van der Waals surface area (Å²) in [5.74, 6) is 1.52. The Balaban J connectivity index is 1.86. The van der Waals surface area contributed by atoms with Gasteiger partial charge in [-0.25, -0.2) is 4.98 Å². The first-order chi connectivity index (χ1) is 11.1. The fraction of sp³-hybridized carbons (Fsp3) is 0.222. The summed E-state index contributed by atoms with van der Waals surface area (Å²) in [6, 6.07) is 13.6. The first kappa shape index (κ1) is 15.7. The first-order valence-electron chi connectivity index (χ1n) is 7.46. The SMILES string of the molecule is Cc1nc(CNC(c2cccc(Cl)c2)c2ccccn2)oc1C. The number of nitrogens with zero attached hydrogens (tertiary/aromatic N) is 2. The largest absolute Gasteiger partial charge is 0.444 e. The van der Waals surface area contributed by atoms with Gasteiger partial charge in [-0.3, -0.25) is 10.3 Å². The van der Waals surface area contributed by atoms with Crippen molar-refractivity contribution in [3.05, 3.63) is 82.3 Å². The number of hydrogen-bond donors (Lipinski definition) is 1. The quantitative estimate of drug-likeness (QED) is 0.762. The summed E-state index contributed by atoms with van der Waals surface area (Å²) in [6.07, 6.45) is 1.79. The lowest BCUT2D eigenvalue weighted by atomic mass is 10.0. The summed E-state index contributed by atoms with van der Waals surface area (Å²) in [5, 5.41) is 4.16. The normalized spacial score (nSPS) is 12.3. The average molecular weight is 328 g/mol. The van der Waals surface area contributed by atoms with Crippen molar-refractivity contribution in [1.29, 1.82) is 0 Å². The Labute approximate surface area is 140 Å². The van der Waals surface area contributed by atoms with Gasteiger partial charge in [0.1, 0.15) is 5.76 Å². The van der Waals surface area contributed by atoms with Gasteiger partial charge in [0.25, 0.3) is 0 Å². The van der Waals surface area contributed by atoms with Crippen LogP contribution in [0.1, 0.15) is 34.6 Å². The van der Waals surface area contributed by atoms with Crippen LogP contribution >= 0.6 is 11.6 Å². The highest BCUT2D eigenvalue weighted by atomic mass is 35.5. The van der Waals surface area contributed by atoms with E-state index in [1.165, 1.54) is 0 Å². The van der Waals surface area contributed by atoms with E-state index in [1.54, 1.807) is 6.20 Å². The van der Waals surface area contributed by atoms with Crippen molar-refractivity contribution >= 4 is 11.6 Å². The molecule has 118 valence electrons. The summed E-state index contributed by atoms with van der Waals surface area (Å²) in [7, 11) is 0. The summed E-state index contributed by atoms with van der Waals surface area (Å²) >= 11 is 6.14. The Kier molecular flexibility index (Phi) is 4.74. The van der Waals surface area contributed by atoms with Gasteiger partial charge >= 0.3 is 0 Å². The minimum atomic E-state index is -0.0811. The van der Waals surface area contributed by atoms with Gasteiger partial charge in [-0.2, -0.15) is 0 Å². The van der Waals surface area contributed by atoms with Crippen LogP contribution in [0.3, 0.4) is 0 Å². The molecule has 0 aliphatic heterocycles. The maximum Gasteiger partial charge on any atom is 0.208 e. The number of rotatable bonds is 5. The monoisotopic (exact) mass is 327 g/mol. The molecule has 0 fully saturated rings. The number of benzene rings is 1. The van der Waals surface area contributed by atoms with Crippen molar-refractivity contribution in [2.75, 3.05) is 0 Å². The molecule has 0 radical (unpaired) electrons. The van der Waals surface area contributed by atoms with Crippen LogP contribution in [0, 0.1) is 13.8 Å². The minimum Gasteiger partial charge on any atom is -0.444 e. The van der Waals surface area contributed by atoms with Gasteiger partial charge < -0.3 is 4.42 Å². The van der Waals surface area contributed by atoms with E-state index in [-0.39, 0.29) is 6.04 Å². The Morgan fingerprint density at radius 3 is 2.70 bits per heavy atom. The first-order valence-corrected chi connectivity index (χ1v) is 7.84. The van der Waals surface area contributed by atoms with Gasteiger partial charge in [0, 0.05) is 11.2 Å². The Hall–Kier alpha value is -2.17. The number of oxazole rings is 1. The predicted octanol–water partition coefficient (Wildman–Crippen LogP) is 4.22. The van der Waals surface area contributed by atoms with Crippen molar-refractivity contribution in [2.24, 2.45) is 0 Å². The lowest BCUT2D eigenvalue weighted by Gasteiger charge is -2.18. The predicted molar refractivity (Wildman–Crippen MR) is 90.3 cm³/mol. The molecule has 23 heavy (non-hydrogen) atoms. The highest BCUT2D eigenvalue weighted by Crippen LogP contribution is 2.23. The lowest BCUT2D eigenvalue weighted by Crippen LogP contribution is -2.23. The molecule has 3 rings (SSSR count). The number of aromatic nitrogens is 2. The van der Waals surface area contributed by atoms with Gasteiger partial charge in [-0.1, -0.05) is 29.8 Å². The Morgan fingerprint density at radius 1 is 1.17 bits per heavy atom. The molecule has 0 aliphatic rings. The van der Waals surface area contributed by atoms with Crippen LogP contribution < -0.4 is 5.32 Å². The van der Waals surface area contributed by atoms with Gasteiger partial charge in [0.15, 0.2) is 0 Å². The summed E-state index contributed by atoms with van der Waals surface area (Å²) in [5.41, 5.74) is 2.89. The van der Waals surface area contributed by atoms with Crippen molar-refractivity contribution < 1.29 is 4.42 Å². The molecular weight excluding hydrogens is 310 g/mol. The van der Waals surface area contributed by atoms with Crippen LogP contribution in [0.4, 0.5) is 0 Å². The smallest absolute Gasteiger partial charge is 0.208 e. The summed E-state index contributed by atoms with van der Waals surface area (Å²) in [6.45, 7) is 4.37. The Morgan fingerprint density at radius 2 is 2.04 bits per heavy atom. The van der Waals surface area contributed by atoms with Gasteiger partial charge in [0.2, 0.25) is 5.89 Å². The van der Waals surface area contributed by atoms with E-state index in [1.807, 2.05) is 56.3 Å². The number of pyridine rings is 1. The van der Waals surface area contributed by atoms with E-state index in [0.29, 0.717) is 17.5 Å². The molecule has 0 saturated heterocycles. The molecule has 3 aromatic rings. The summed E-state index contributed by atoms with van der Waals surface area (Å²) in [4.78, 5) is 8.87. The van der Waals surface area contributed by atoms with Crippen LogP contribution in [-0.2, 0) is 6.54 Å². The van der Waals surface area contributed by atoms with Crippen LogP contribution in [0.25, 0.3) is 0 Å². The van der Waals surface area contributed by atoms with Crippen LogP contribution in [-0.4, -0.2) is 9.97 Å². The van der Waals surface area contributed by atoms with E-state index in [4.69, 9.17) is 16.0 Å². The number of aryl methyl sites for hydroxylation is 2. The van der Waals surface area contributed by atoms with Crippen LogP contribution in [0.15, 0.2) is 53.1 Å². The number of halogens is 1. The molecule has 1 N–H and O–H groups in total.